The fraction of sp³-hybridized carbons (Fsp3) is 0.462. The Balaban J connectivity index is 2.13. The molecule has 1 heterocycles. The number of likely N-dealkylation sites (tertiary alicyclic amines) is 1. The van der Waals surface area contributed by atoms with Crippen LogP contribution in [0.3, 0.4) is 0 Å². The lowest BCUT2D eigenvalue weighted by molar-refractivity contribution is 0.0677. The Morgan fingerprint density at radius 2 is 2.12 bits per heavy atom. The fourth-order valence-electron chi connectivity index (χ4n) is 2.20. The average molecular weight is 298 g/mol. The van der Waals surface area contributed by atoms with Crippen molar-refractivity contribution in [3.8, 4) is 0 Å². The summed E-state index contributed by atoms with van der Waals surface area (Å²) >= 11 is 3.38. The predicted molar refractivity (Wildman–Crippen MR) is 70.2 cm³/mol. The molecular weight excluding hydrogens is 282 g/mol. The van der Waals surface area contributed by atoms with Gasteiger partial charge in [-0.3, -0.25) is 4.79 Å². The van der Waals surface area contributed by atoms with Crippen molar-refractivity contribution in [2.45, 2.75) is 24.2 Å². The molecule has 0 radical (unpaired) electrons. The zero-order valence-corrected chi connectivity index (χ0v) is 11.2. The van der Waals surface area contributed by atoms with Gasteiger partial charge in [0.15, 0.2) is 0 Å². The summed E-state index contributed by atoms with van der Waals surface area (Å²) in [6.07, 6.45) is 1.89. The van der Waals surface area contributed by atoms with Crippen molar-refractivity contribution in [1.29, 1.82) is 0 Å². The van der Waals surface area contributed by atoms with E-state index in [9.17, 15) is 9.90 Å². The molecule has 0 aliphatic carbocycles. The Morgan fingerprint density at radius 3 is 2.71 bits per heavy atom. The minimum atomic E-state index is -0.00153. The number of carbonyl (C=O) groups is 1. The summed E-state index contributed by atoms with van der Waals surface area (Å²) in [4.78, 5) is 14.0. The number of hydrogen-bond acceptors (Lipinski definition) is 2. The summed E-state index contributed by atoms with van der Waals surface area (Å²) in [5.41, 5.74) is 1.86. The number of benzene rings is 1. The molecule has 17 heavy (non-hydrogen) atoms. The van der Waals surface area contributed by atoms with Crippen molar-refractivity contribution in [3.63, 3.8) is 0 Å². The molecule has 1 aromatic carbocycles. The minimum Gasteiger partial charge on any atom is -0.394 e. The lowest BCUT2D eigenvalue weighted by Crippen LogP contribution is -2.37. The molecule has 1 aliphatic rings. The monoisotopic (exact) mass is 297 g/mol. The molecule has 0 aromatic heterocycles. The molecule has 1 fully saturated rings. The van der Waals surface area contributed by atoms with Crippen molar-refractivity contribution < 1.29 is 9.90 Å². The van der Waals surface area contributed by atoms with E-state index in [4.69, 9.17) is 0 Å². The van der Waals surface area contributed by atoms with Crippen LogP contribution in [0.2, 0.25) is 0 Å². The number of aliphatic hydroxyl groups excluding tert-OH is 1. The van der Waals surface area contributed by atoms with Gasteiger partial charge in [0.2, 0.25) is 0 Å². The number of carbonyl (C=O) groups excluding carboxylic acids is 1. The van der Waals surface area contributed by atoms with E-state index >= 15 is 0 Å². The normalized spacial score (nSPS) is 19.6. The first kappa shape index (κ1) is 12.6. The molecule has 1 atom stereocenters. The Hall–Kier alpha value is -0.870. The summed E-state index contributed by atoms with van der Waals surface area (Å²) in [6.45, 7) is 0.815. The number of hydrogen-bond donors (Lipinski definition) is 1. The van der Waals surface area contributed by atoms with Crippen molar-refractivity contribution in [1.82, 2.24) is 4.90 Å². The van der Waals surface area contributed by atoms with Crippen molar-refractivity contribution in [2.24, 2.45) is 0 Å². The van der Waals surface area contributed by atoms with Gasteiger partial charge in [0.25, 0.3) is 5.91 Å². The van der Waals surface area contributed by atoms with Gasteiger partial charge < -0.3 is 10.0 Å². The molecule has 1 amide bonds. The fourth-order valence-corrected chi connectivity index (χ4v) is 2.57. The van der Waals surface area contributed by atoms with Crippen LogP contribution in [0.15, 0.2) is 24.3 Å². The van der Waals surface area contributed by atoms with Crippen LogP contribution in [0.5, 0.6) is 0 Å². The van der Waals surface area contributed by atoms with E-state index in [0.29, 0.717) is 5.56 Å². The standard InChI is InChI=1S/C13H16BrNO2/c14-8-10-3-5-11(6-4-10)13(17)15-7-1-2-12(15)9-16/h3-6,12,16H,1-2,7-9H2/t12-/m1/s1. The van der Waals surface area contributed by atoms with Crippen LogP contribution in [-0.4, -0.2) is 35.1 Å². The van der Waals surface area contributed by atoms with E-state index in [0.717, 1.165) is 30.3 Å². The second-order valence-electron chi connectivity index (χ2n) is 4.31. The Morgan fingerprint density at radius 1 is 1.41 bits per heavy atom. The molecule has 4 heteroatoms. The third-order valence-corrected chi connectivity index (χ3v) is 3.85. The molecule has 1 aliphatic heterocycles. The average Bonchev–Trinajstić information content (AvgIpc) is 2.86. The Kier molecular flexibility index (Phi) is 4.18. The number of halogens is 1. The summed E-state index contributed by atoms with van der Waals surface area (Å²) < 4.78 is 0. The number of nitrogens with zero attached hydrogens (tertiary/aromatic N) is 1. The molecule has 2 rings (SSSR count). The van der Waals surface area contributed by atoms with Gasteiger partial charge in [-0.2, -0.15) is 0 Å². The first-order valence-corrected chi connectivity index (χ1v) is 6.95. The van der Waals surface area contributed by atoms with Crippen LogP contribution in [0.1, 0.15) is 28.8 Å². The molecule has 92 valence electrons. The second kappa shape index (κ2) is 5.65. The molecule has 3 nitrogen and oxygen atoms in total. The van der Waals surface area contributed by atoms with Gasteiger partial charge in [-0.1, -0.05) is 28.1 Å². The highest BCUT2D eigenvalue weighted by molar-refractivity contribution is 9.08. The largest absolute Gasteiger partial charge is 0.394 e. The van der Waals surface area contributed by atoms with Crippen LogP contribution in [0.25, 0.3) is 0 Å². The van der Waals surface area contributed by atoms with E-state index in [1.165, 1.54) is 0 Å². The number of aliphatic hydroxyl groups is 1. The van der Waals surface area contributed by atoms with E-state index in [1.807, 2.05) is 24.3 Å². The summed E-state index contributed by atoms with van der Waals surface area (Å²) in [5, 5.41) is 10.0. The first-order valence-electron chi connectivity index (χ1n) is 5.83. The molecule has 0 bridgehead atoms. The number of amides is 1. The maximum Gasteiger partial charge on any atom is 0.254 e. The van der Waals surface area contributed by atoms with E-state index < -0.39 is 0 Å². The lowest BCUT2D eigenvalue weighted by atomic mass is 10.1. The summed E-state index contributed by atoms with van der Waals surface area (Å²) in [7, 11) is 0. The van der Waals surface area contributed by atoms with Crippen LogP contribution in [0.4, 0.5) is 0 Å². The molecule has 0 unspecified atom stereocenters. The molecule has 1 saturated heterocycles. The van der Waals surface area contributed by atoms with E-state index in [1.54, 1.807) is 4.90 Å². The van der Waals surface area contributed by atoms with Crippen molar-refractivity contribution in [2.75, 3.05) is 13.2 Å². The topological polar surface area (TPSA) is 40.5 Å². The highest BCUT2D eigenvalue weighted by atomic mass is 79.9. The molecule has 0 saturated carbocycles. The maximum absolute atomic E-state index is 12.2. The van der Waals surface area contributed by atoms with Crippen LogP contribution in [0, 0.1) is 0 Å². The quantitative estimate of drug-likeness (QED) is 0.869. The van der Waals surface area contributed by atoms with Gasteiger partial charge in [0.05, 0.1) is 12.6 Å². The van der Waals surface area contributed by atoms with Gasteiger partial charge in [-0.25, -0.2) is 0 Å². The number of alkyl halides is 1. The summed E-state index contributed by atoms with van der Waals surface area (Å²) in [5.74, 6) is 0.0303. The first-order chi connectivity index (χ1) is 8.26. The Bertz CT molecular complexity index is 391. The van der Waals surface area contributed by atoms with Gasteiger partial charge in [0.1, 0.15) is 0 Å². The van der Waals surface area contributed by atoms with Gasteiger partial charge in [-0.05, 0) is 30.5 Å². The van der Waals surface area contributed by atoms with Crippen molar-refractivity contribution in [3.05, 3.63) is 35.4 Å². The zero-order valence-electron chi connectivity index (χ0n) is 9.60. The van der Waals surface area contributed by atoms with E-state index in [-0.39, 0.29) is 18.6 Å². The third kappa shape index (κ3) is 2.69. The van der Waals surface area contributed by atoms with E-state index in [2.05, 4.69) is 15.9 Å². The van der Waals surface area contributed by atoms with Gasteiger partial charge in [0, 0.05) is 17.4 Å². The summed E-state index contributed by atoms with van der Waals surface area (Å²) in [6, 6.07) is 7.60. The van der Waals surface area contributed by atoms with Crippen molar-refractivity contribution >= 4 is 21.8 Å². The highest BCUT2D eigenvalue weighted by Gasteiger charge is 2.28. The maximum atomic E-state index is 12.2. The highest BCUT2D eigenvalue weighted by Crippen LogP contribution is 2.20. The zero-order chi connectivity index (χ0) is 12.3. The third-order valence-electron chi connectivity index (χ3n) is 3.20. The number of rotatable bonds is 3. The molecule has 1 aromatic rings. The van der Waals surface area contributed by atoms with Crippen LogP contribution >= 0.6 is 15.9 Å². The SMILES string of the molecule is O=C(c1ccc(CBr)cc1)N1CCC[C@@H]1CO. The molecule has 0 spiro atoms. The van der Waals surface area contributed by atoms with Crippen LogP contribution < -0.4 is 0 Å². The predicted octanol–water partition coefficient (Wildman–Crippen LogP) is 2.18. The molecule has 1 N–H and O–H groups in total. The van der Waals surface area contributed by atoms with Crippen LogP contribution in [-0.2, 0) is 5.33 Å². The van der Waals surface area contributed by atoms with Gasteiger partial charge >= 0.3 is 0 Å². The second-order valence-corrected chi connectivity index (χ2v) is 4.87. The Labute approximate surface area is 110 Å². The molecular formula is C13H16BrNO2. The smallest absolute Gasteiger partial charge is 0.254 e. The van der Waals surface area contributed by atoms with Gasteiger partial charge in [-0.15, -0.1) is 0 Å². The minimum absolute atomic E-state index is 0.00153. The lowest BCUT2D eigenvalue weighted by Gasteiger charge is -2.23.